The fraction of sp³-hybridized carbons (Fsp3) is 0.389. The number of unbranched alkanes of at least 4 members (excludes halogenated alkanes) is 2. The number of ether oxygens (including phenoxy) is 2. The molecule has 0 bridgehead atoms. The van der Waals surface area contributed by atoms with E-state index in [-0.39, 0.29) is 5.95 Å². The molecule has 138 valence electrons. The topological polar surface area (TPSA) is 120 Å². The van der Waals surface area contributed by atoms with E-state index in [0.717, 1.165) is 46.1 Å². The third kappa shape index (κ3) is 5.17. The first kappa shape index (κ1) is 19.7. The summed E-state index contributed by atoms with van der Waals surface area (Å²) in [5, 5.41) is 8.61. The minimum atomic E-state index is 0.157. The maximum absolute atomic E-state index is 8.61. The van der Waals surface area contributed by atoms with E-state index in [2.05, 4.69) is 16.0 Å². The molecule has 0 spiro atoms. The van der Waals surface area contributed by atoms with Crippen LogP contribution in [0.3, 0.4) is 0 Å². The number of hydrogen-bond donors (Lipinski definition) is 2. The van der Waals surface area contributed by atoms with Gasteiger partial charge in [-0.2, -0.15) is 10.2 Å². The summed E-state index contributed by atoms with van der Waals surface area (Å²) >= 11 is 1.67. The molecule has 2 aromatic rings. The Bertz CT molecular complexity index is 767. The average molecular weight is 373 g/mol. The molecule has 0 amide bonds. The van der Waals surface area contributed by atoms with Gasteiger partial charge in [0.25, 0.3) is 0 Å². The summed E-state index contributed by atoms with van der Waals surface area (Å²) in [5.74, 6) is 2.92. The molecule has 26 heavy (non-hydrogen) atoms. The van der Waals surface area contributed by atoms with Crippen LogP contribution in [0, 0.1) is 11.3 Å². The minimum Gasteiger partial charge on any atom is -0.495 e. The van der Waals surface area contributed by atoms with Gasteiger partial charge in [0.1, 0.15) is 17.3 Å². The number of nitrogen functional groups attached to an aromatic ring is 2. The summed E-state index contributed by atoms with van der Waals surface area (Å²) in [6.45, 7) is 0. The van der Waals surface area contributed by atoms with Crippen LogP contribution in [0.4, 0.5) is 11.8 Å². The van der Waals surface area contributed by atoms with Crippen molar-refractivity contribution in [1.29, 1.82) is 5.26 Å². The largest absolute Gasteiger partial charge is 0.495 e. The van der Waals surface area contributed by atoms with Crippen LogP contribution in [0.25, 0.3) is 0 Å². The van der Waals surface area contributed by atoms with Crippen LogP contribution < -0.4 is 20.9 Å². The van der Waals surface area contributed by atoms with Gasteiger partial charge in [0.15, 0.2) is 0 Å². The van der Waals surface area contributed by atoms with Gasteiger partial charge in [0.05, 0.1) is 25.2 Å². The van der Waals surface area contributed by atoms with E-state index >= 15 is 0 Å². The molecule has 0 fully saturated rings. The van der Waals surface area contributed by atoms with Gasteiger partial charge in [0.2, 0.25) is 5.95 Å². The lowest BCUT2D eigenvalue weighted by Gasteiger charge is -2.15. The predicted octanol–water partition coefficient (Wildman–Crippen LogP) is 3.03. The fourth-order valence-corrected chi connectivity index (χ4v) is 3.57. The summed E-state index contributed by atoms with van der Waals surface area (Å²) < 4.78 is 11.1. The first-order valence-electron chi connectivity index (χ1n) is 8.20. The Labute approximate surface area is 157 Å². The van der Waals surface area contributed by atoms with E-state index in [4.69, 9.17) is 26.2 Å². The monoisotopic (exact) mass is 373 g/mol. The van der Waals surface area contributed by atoms with Crippen molar-refractivity contribution in [3.8, 4) is 17.6 Å². The van der Waals surface area contributed by atoms with Crippen LogP contribution in [0.1, 0.15) is 30.4 Å². The van der Waals surface area contributed by atoms with Crippen molar-refractivity contribution in [2.24, 2.45) is 0 Å². The molecule has 0 radical (unpaired) electrons. The van der Waals surface area contributed by atoms with Crippen molar-refractivity contribution < 1.29 is 9.47 Å². The second-order valence-electron chi connectivity index (χ2n) is 5.61. The van der Waals surface area contributed by atoms with E-state index in [1.807, 2.05) is 12.1 Å². The van der Waals surface area contributed by atoms with Crippen LogP contribution in [0.2, 0.25) is 0 Å². The quantitative estimate of drug-likeness (QED) is 0.508. The summed E-state index contributed by atoms with van der Waals surface area (Å²) in [6, 6.07) is 6.10. The summed E-state index contributed by atoms with van der Waals surface area (Å²) in [5.41, 5.74) is 13.2. The Morgan fingerprint density at radius 3 is 2.42 bits per heavy atom. The lowest BCUT2D eigenvalue weighted by Crippen LogP contribution is -2.04. The number of aromatic nitrogens is 2. The Morgan fingerprint density at radius 2 is 1.85 bits per heavy atom. The van der Waals surface area contributed by atoms with Gasteiger partial charge < -0.3 is 20.9 Å². The van der Waals surface area contributed by atoms with E-state index in [1.165, 1.54) is 0 Å². The summed E-state index contributed by atoms with van der Waals surface area (Å²) in [7, 11) is 3.28. The second kappa shape index (κ2) is 9.73. The fourth-order valence-electron chi connectivity index (χ4n) is 2.45. The number of methoxy groups -OCH3 is 2. The van der Waals surface area contributed by atoms with Gasteiger partial charge in [0, 0.05) is 24.6 Å². The number of rotatable bonds is 9. The van der Waals surface area contributed by atoms with Gasteiger partial charge in [-0.05, 0) is 36.3 Å². The predicted molar refractivity (Wildman–Crippen MR) is 103 cm³/mol. The highest BCUT2D eigenvalue weighted by Gasteiger charge is 2.14. The van der Waals surface area contributed by atoms with Crippen molar-refractivity contribution >= 4 is 23.5 Å². The molecule has 0 aliphatic carbocycles. The Balaban J connectivity index is 2.20. The molecule has 0 unspecified atom stereocenters. The highest BCUT2D eigenvalue weighted by atomic mass is 32.2. The lowest BCUT2D eigenvalue weighted by atomic mass is 10.1. The molecule has 4 N–H and O–H groups in total. The van der Waals surface area contributed by atoms with E-state index in [9.17, 15) is 0 Å². The number of hydrogen-bond acceptors (Lipinski definition) is 8. The molecule has 8 heteroatoms. The highest BCUT2D eigenvalue weighted by molar-refractivity contribution is 7.99. The van der Waals surface area contributed by atoms with Gasteiger partial charge in [-0.3, -0.25) is 0 Å². The maximum atomic E-state index is 8.61. The number of thioether (sulfide) groups is 1. The van der Waals surface area contributed by atoms with Crippen molar-refractivity contribution in [2.75, 3.05) is 31.4 Å². The molecular weight excluding hydrogens is 350 g/mol. The lowest BCUT2D eigenvalue weighted by molar-refractivity contribution is 0.375. The second-order valence-corrected chi connectivity index (χ2v) is 6.71. The average Bonchev–Trinajstić information content (AvgIpc) is 2.64. The Hall–Kier alpha value is -2.66. The van der Waals surface area contributed by atoms with Crippen molar-refractivity contribution in [3.63, 3.8) is 0 Å². The highest BCUT2D eigenvalue weighted by Crippen LogP contribution is 2.40. The number of nitrogens with zero attached hydrogens (tertiary/aromatic N) is 3. The van der Waals surface area contributed by atoms with Gasteiger partial charge >= 0.3 is 0 Å². The van der Waals surface area contributed by atoms with E-state index < -0.39 is 0 Å². The standard InChI is InChI=1S/C18H23N5O2S/c1-24-14-9-12(8-13-11-22-18(21)23-17(13)20)10-15(25-2)16(14)26-7-5-3-4-6-19/h9-11H,3-5,7-8H2,1-2H3,(H4,20,21,22,23). The van der Waals surface area contributed by atoms with Crippen molar-refractivity contribution in [1.82, 2.24) is 9.97 Å². The molecule has 1 aromatic carbocycles. The maximum Gasteiger partial charge on any atom is 0.221 e. The number of anilines is 2. The molecule has 0 atom stereocenters. The first-order valence-corrected chi connectivity index (χ1v) is 9.19. The zero-order chi connectivity index (χ0) is 18.9. The molecule has 1 heterocycles. The van der Waals surface area contributed by atoms with Crippen molar-refractivity contribution in [2.45, 2.75) is 30.6 Å². The number of nitriles is 1. The number of benzene rings is 1. The Kier molecular flexibility index (Phi) is 7.36. The molecule has 0 aliphatic rings. The van der Waals surface area contributed by atoms with Crippen LogP contribution in [0.5, 0.6) is 11.5 Å². The van der Waals surface area contributed by atoms with E-state index in [1.54, 1.807) is 32.2 Å². The zero-order valence-electron chi connectivity index (χ0n) is 15.0. The summed E-state index contributed by atoms with van der Waals surface area (Å²) in [4.78, 5) is 8.95. The van der Waals surface area contributed by atoms with Crippen LogP contribution in [0.15, 0.2) is 23.2 Å². The van der Waals surface area contributed by atoms with Crippen LogP contribution >= 0.6 is 11.8 Å². The zero-order valence-corrected chi connectivity index (χ0v) is 15.8. The van der Waals surface area contributed by atoms with Crippen LogP contribution in [-0.4, -0.2) is 29.9 Å². The third-order valence-electron chi connectivity index (χ3n) is 3.76. The minimum absolute atomic E-state index is 0.157. The molecule has 0 aliphatic heterocycles. The number of nitrogens with two attached hydrogens (primary N) is 2. The van der Waals surface area contributed by atoms with E-state index in [0.29, 0.717) is 18.7 Å². The van der Waals surface area contributed by atoms with Crippen molar-refractivity contribution in [3.05, 3.63) is 29.5 Å². The third-order valence-corrected chi connectivity index (χ3v) is 4.94. The molecule has 0 saturated carbocycles. The smallest absolute Gasteiger partial charge is 0.221 e. The van der Waals surface area contributed by atoms with Gasteiger partial charge in [-0.1, -0.05) is 0 Å². The summed E-state index contributed by atoms with van der Waals surface area (Å²) in [6.07, 6.45) is 4.62. The van der Waals surface area contributed by atoms with Crippen LogP contribution in [-0.2, 0) is 6.42 Å². The van der Waals surface area contributed by atoms with Gasteiger partial charge in [-0.15, -0.1) is 11.8 Å². The molecular formula is C18H23N5O2S. The molecule has 2 rings (SSSR count). The normalized spacial score (nSPS) is 10.3. The first-order chi connectivity index (χ1) is 12.6. The molecule has 0 saturated heterocycles. The Morgan fingerprint density at radius 1 is 1.15 bits per heavy atom. The molecule has 1 aromatic heterocycles. The van der Waals surface area contributed by atoms with Gasteiger partial charge in [-0.25, -0.2) is 4.98 Å². The SMILES string of the molecule is COc1cc(Cc2cnc(N)nc2N)cc(OC)c1SCCCCC#N. The molecule has 7 nitrogen and oxygen atoms in total.